The van der Waals surface area contributed by atoms with Gasteiger partial charge in [0.05, 0.1) is 34.0 Å². The Morgan fingerprint density at radius 2 is 1.13 bits per heavy atom. The summed E-state index contributed by atoms with van der Waals surface area (Å²) >= 11 is 0. The zero-order chi connectivity index (χ0) is 25.1. The lowest BCUT2D eigenvalue weighted by molar-refractivity contribution is 1.00. The molecular formula is C34H22N4. The molecule has 0 aliphatic rings. The Balaban J connectivity index is 1.16. The molecule has 0 saturated carbocycles. The Kier molecular flexibility index (Phi) is 4.49. The summed E-state index contributed by atoms with van der Waals surface area (Å²) in [5.74, 6) is 0. The van der Waals surface area contributed by atoms with Crippen molar-refractivity contribution in [2.24, 2.45) is 0 Å². The summed E-state index contributed by atoms with van der Waals surface area (Å²) in [5, 5.41) is 8.38. The highest BCUT2D eigenvalue weighted by molar-refractivity contribution is 6.09. The first kappa shape index (κ1) is 20.9. The first-order valence-corrected chi connectivity index (χ1v) is 12.8. The molecule has 8 rings (SSSR count). The Morgan fingerprint density at radius 1 is 0.474 bits per heavy atom. The number of fused-ring (bicyclic) bond motifs is 6. The van der Waals surface area contributed by atoms with Gasteiger partial charge in [0.15, 0.2) is 0 Å². The van der Waals surface area contributed by atoms with Gasteiger partial charge in [-0.15, -0.1) is 0 Å². The average Bonchev–Trinajstić information content (AvgIpc) is 3.57. The highest BCUT2D eigenvalue weighted by Crippen LogP contribution is 2.33. The van der Waals surface area contributed by atoms with Crippen LogP contribution in [0.1, 0.15) is 0 Å². The molecule has 0 unspecified atom stereocenters. The minimum Gasteiger partial charge on any atom is -0.309 e. The molecule has 4 heterocycles. The van der Waals surface area contributed by atoms with E-state index in [0.29, 0.717) is 0 Å². The molecule has 4 nitrogen and oxygen atoms in total. The maximum Gasteiger partial charge on any atom is 0.0748 e. The molecule has 4 aromatic heterocycles. The molecule has 0 aliphatic heterocycles. The lowest BCUT2D eigenvalue weighted by Gasteiger charge is -2.09. The van der Waals surface area contributed by atoms with Crippen LogP contribution in [0.2, 0.25) is 0 Å². The second-order valence-electron chi connectivity index (χ2n) is 9.60. The normalized spacial score (nSPS) is 11.7. The van der Waals surface area contributed by atoms with Crippen LogP contribution in [-0.4, -0.2) is 19.2 Å². The van der Waals surface area contributed by atoms with Gasteiger partial charge in [-0.05, 0) is 42.5 Å². The molecule has 0 radical (unpaired) electrons. The molecule has 0 spiro atoms. The standard InChI is InChI=1S/C34H22N4/c1-4-10-31-24(7-1)16-20-34-29(22-36-38(31)34)25-15-19-30(35-21-25)23-13-17-26(18-14-23)37-32-11-5-2-8-27(32)28-9-3-6-12-33(28)37/h1-22H. The van der Waals surface area contributed by atoms with Crippen LogP contribution in [0.15, 0.2) is 134 Å². The van der Waals surface area contributed by atoms with Crippen molar-refractivity contribution in [3.8, 4) is 28.1 Å². The minimum atomic E-state index is 0.949. The number of hydrogen-bond donors (Lipinski definition) is 0. The number of rotatable bonds is 3. The second kappa shape index (κ2) is 8.15. The first-order valence-electron chi connectivity index (χ1n) is 12.8. The summed E-state index contributed by atoms with van der Waals surface area (Å²) in [6, 6.07) is 42.7. The van der Waals surface area contributed by atoms with Gasteiger partial charge in [-0.25, -0.2) is 4.52 Å². The first-order chi connectivity index (χ1) is 18.8. The lowest BCUT2D eigenvalue weighted by atomic mass is 10.1. The van der Waals surface area contributed by atoms with Crippen molar-refractivity contribution in [3.63, 3.8) is 0 Å². The van der Waals surface area contributed by atoms with Gasteiger partial charge in [0, 0.05) is 44.7 Å². The van der Waals surface area contributed by atoms with Gasteiger partial charge < -0.3 is 4.57 Å². The molecular weight excluding hydrogens is 464 g/mol. The van der Waals surface area contributed by atoms with Gasteiger partial charge in [0.25, 0.3) is 0 Å². The van der Waals surface area contributed by atoms with Crippen LogP contribution in [-0.2, 0) is 0 Å². The predicted molar refractivity (Wildman–Crippen MR) is 156 cm³/mol. The smallest absolute Gasteiger partial charge is 0.0748 e. The van der Waals surface area contributed by atoms with E-state index in [1.54, 1.807) is 0 Å². The van der Waals surface area contributed by atoms with Crippen LogP contribution >= 0.6 is 0 Å². The van der Waals surface area contributed by atoms with Gasteiger partial charge in [-0.3, -0.25) is 4.98 Å². The zero-order valence-corrected chi connectivity index (χ0v) is 20.5. The maximum atomic E-state index is 4.82. The summed E-state index contributed by atoms with van der Waals surface area (Å²) in [6.07, 6.45) is 3.88. The quantitative estimate of drug-likeness (QED) is 0.252. The highest BCUT2D eigenvalue weighted by atomic mass is 15.2. The van der Waals surface area contributed by atoms with Gasteiger partial charge >= 0.3 is 0 Å². The lowest BCUT2D eigenvalue weighted by Crippen LogP contribution is -1.94. The van der Waals surface area contributed by atoms with Crippen LogP contribution in [0, 0.1) is 0 Å². The molecule has 0 saturated heterocycles. The Bertz CT molecular complexity index is 2060. The number of pyridine rings is 2. The molecule has 4 heteroatoms. The second-order valence-corrected chi connectivity index (χ2v) is 9.60. The molecule has 178 valence electrons. The summed E-state index contributed by atoms with van der Waals surface area (Å²) < 4.78 is 4.34. The van der Waals surface area contributed by atoms with E-state index >= 15 is 0 Å². The number of para-hydroxylation sites is 3. The molecule has 8 aromatic rings. The van der Waals surface area contributed by atoms with Crippen molar-refractivity contribution in [3.05, 3.63) is 134 Å². The number of aromatic nitrogens is 4. The van der Waals surface area contributed by atoms with Gasteiger partial charge in [0.2, 0.25) is 0 Å². The van der Waals surface area contributed by atoms with E-state index in [9.17, 15) is 0 Å². The Morgan fingerprint density at radius 3 is 1.84 bits per heavy atom. The van der Waals surface area contributed by atoms with Gasteiger partial charge in [0.1, 0.15) is 0 Å². The Labute approximate surface area is 219 Å². The number of nitrogens with zero attached hydrogens (tertiary/aromatic N) is 4. The highest BCUT2D eigenvalue weighted by Gasteiger charge is 2.12. The summed E-state index contributed by atoms with van der Waals surface area (Å²) in [6.45, 7) is 0. The molecule has 0 N–H and O–H groups in total. The number of hydrogen-bond acceptors (Lipinski definition) is 2. The summed E-state index contributed by atoms with van der Waals surface area (Å²) in [4.78, 5) is 4.82. The Hall–Kier alpha value is -5.22. The van der Waals surface area contributed by atoms with E-state index in [4.69, 9.17) is 4.98 Å². The van der Waals surface area contributed by atoms with Crippen LogP contribution in [0.5, 0.6) is 0 Å². The van der Waals surface area contributed by atoms with E-state index < -0.39 is 0 Å². The molecule has 0 amide bonds. The molecule has 0 aliphatic carbocycles. The van der Waals surface area contributed by atoms with E-state index in [0.717, 1.165) is 39.1 Å². The predicted octanol–water partition coefficient (Wildman–Crippen LogP) is 8.31. The summed E-state index contributed by atoms with van der Waals surface area (Å²) in [7, 11) is 0. The van der Waals surface area contributed by atoms with Crippen molar-refractivity contribution >= 4 is 38.2 Å². The molecule has 0 bridgehead atoms. The van der Waals surface area contributed by atoms with Crippen molar-refractivity contribution in [2.75, 3.05) is 0 Å². The van der Waals surface area contributed by atoms with Crippen LogP contribution < -0.4 is 0 Å². The van der Waals surface area contributed by atoms with Crippen LogP contribution in [0.4, 0.5) is 0 Å². The molecule has 0 atom stereocenters. The fraction of sp³-hybridized carbons (Fsp3) is 0. The van der Waals surface area contributed by atoms with Crippen molar-refractivity contribution in [2.45, 2.75) is 0 Å². The van der Waals surface area contributed by atoms with Crippen LogP contribution in [0.3, 0.4) is 0 Å². The fourth-order valence-corrected chi connectivity index (χ4v) is 5.63. The minimum absolute atomic E-state index is 0.949. The average molecular weight is 487 g/mol. The molecule has 4 aromatic carbocycles. The fourth-order valence-electron chi connectivity index (χ4n) is 5.63. The largest absolute Gasteiger partial charge is 0.309 e. The third kappa shape index (κ3) is 3.10. The van der Waals surface area contributed by atoms with E-state index in [-0.39, 0.29) is 0 Å². The molecule has 0 fully saturated rings. The van der Waals surface area contributed by atoms with Gasteiger partial charge in [-0.1, -0.05) is 78.9 Å². The zero-order valence-electron chi connectivity index (χ0n) is 20.5. The maximum absolute atomic E-state index is 4.82. The third-order valence-corrected chi connectivity index (χ3v) is 7.47. The van der Waals surface area contributed by atoms with Crippen molar-refractivity contribution in [1.82, 2.24) is 19.2 Å². The van der Waals surface area contributed by atoms with Crippen LogP contribution in [0.25, 0.3) is 66.3 Å². The van der Waals surface area contributed by atoms with E-state index in [2.05, 4.69) is 125 Å². The van der Waals surface area contributed by atoms with E-state index in [1.165, 1.54) is 27.2 Å². The topological polar surface area (TPSA) is 35.1 Å². The summed E-state index contributed by atoms with van der Waals surface area (Å²) in [5.41, 5.74) is 9.92. The monoisotopic (exact) mass is 486 g/mol. The third-order valence-electron chi connectivity index (χ3n) is 7.47. The molecule has 38 heavy (non-hydrogen) atoms. The van der Waals surface area contributed by atoms with Crippen molar-refractivity contribution in [1.29, 1.82) is 0 Å². The number of benzene rings is 4. The van der Waals surface area contributed by atoms with E-state index in [1.807, 2.05) is 23.0 Å². The van der Waals surface area contributed by atoms with Gasteiger partial charge in [-0.2, -0.15) is 5.10 Å². The SMILES string of the molecule is c1ccc2c(c1)ccc1c(-c3ccc(-c4ccc(-n5c6ccccc6c6ccccc65)cc4)nc3)cnn12. The van der Waals surface area contributed by atoms with Crippen molar-refractivity contribution < 1.29 is 0 Å².